The van der Waals surface area contributed by atoms with E-state index in [1.807, 2.05) is 0 Å². The maximum absolute atomic E-state index is 7.28. The maximum Gasteiger partial charge on any atom is 0.159 e. The average Bonchev–Trinajstić information content (AvgIpc) is 4.25. The molecule has 10 aromatic carbocycles. The zero-order valence-corrected chi connectivity index (χ0v) is 42.9. The number of rotatable bonds is 8. The van der Waals surface area contributed by atoms with Gasteiger partial charge < -0.3 is 18.6 Å². The first-order valence-electron chi connectivity index (χ1n) is 27.7. The van der Waals surface area contributed by atoms with Crippen LogP contribution in [0.3, 0.4) is 0 Å². The predicted octanol–water partition coefficient (Wildman–Crippen LogP) is 21.1. The monoisotopic (exact) mass is 972 g/mol. The molecular formula is C71H60N2O2. The minimum atomic E-state index is -0.365. The van der Waals surface area contributed by atoms with Gasteiger partial charge in [-0.3, -0.25) is 0 Å². The van der Waals surface area contributed by atoms with Crippen LogP contribution in [0.1, 0.15) is 112 Å². The fraction of sp³-hybridized carbons (Fsp3) is 0.211. The number of hydrogen-bond donors (Lipinski definition) is 0. The van der Waals surface area contributed by atoms with E-state index in [0.29, 0.717) is 11.8 Å². The van der Waals surface area contributed by atoms with Crippen molar-refractivity contribution < 1.29 is 8.83 Å². The van der Waals surface area contributed by atoms with Crippen molar-refractivity contribution in [2.45, 2.75) is 95.3 Å². The van der Waals surface area contributed by atoms with Crippen LogP contribution in [0.15, 0.2) is 203 Å². The highest BCUT2D eigenvalue weighted by atomic mass is 16.3. The largest absolute Gasteiger partial charge is 0.454 e. The van der Waals surface area contributed by atoms with Crippen molar-refractivity contribution in [2.75, 3.05) is 9.80 Å². The lowest BCUT2D eigenvalue weighted by Crippen LogP contribution is -2.18. The molecule has 0 atom stereocenters. The molecule has 2 heterocycles. The second-order valence-electron chi connectivity index (χ2n) is 22.3. The summed E-state index contributed by atoms with van der Waals surface area (Å²) >= 11 is 0. The summed E-state index contributed by atoms with van der Waals surface area (Å²) in [5, 5.41) is 9.60. The Hall–Kier alpha value is -8.08. The van der Waals surface area contributed by atoms with Gasteiger partial charge in [0, 0.05) is 49.1 Å². The molecule has 0 saturated heterocycles. The van der Waals surface area contributed by atoms with Crippen molar-refractivity contribution in [1.29, 1.82) is 0 Å². The molecule has 366 valence electrons. The Kier molecular flexibility index (Phi) is 10.4. The number of hydrogen-bond acceptors (Lipinski definition) is 4. The van der Waals surface area contributed by atoms with Crippen LogP contribution in [0.5, 0.6) is 0 Å². The summed E-state index contributed by atoms with van der Waals surface area (Å²) in [6, 6.07) is 72.2. The molecule has 75 heavy (non-hydrogen) atoms. The lowest BCUT2D eigenvalue weighted by molar-refractivity contribution is 0.442. The average molecular weight is 973 g/mol. The van der Waals surface area contributed by atoms with Gasteiger partial charge in [0.2, 0.25) is 0 Å². The highest BCUT2D eigenvalue weighted by molar-refractivity contribution is 6.18. The van der Waals surface area contributed by atoms with Crippen molar-refractivity contribution in [2.24, 2.45) is 0 Å². The summed E-state index contributed by atoms with van der Waals surface area (Å²) < 4.78 is 14.5. The molecule has 0 spiro atoms. The molecule has 0 N–H and O–H groups in total. The quantitative estimate of drug-likeness (QED) is 0.152. The summed E-state index contributed by atoms with van der Waals surface area (Å²) in [6.07, 6.45) is 12.6. The van der Waals surface area contributed by atoms with E-state index in [2.05, 4.69) is 218 Å². The number of fused-ring (bicyclic) bond motifs is 13. The standard InChI is InChI=1S/C71H60N2O2/c1-71(2)60-44-64(73(48-29-13-6-14-30-48)62-42-22-40-58-56-38-20-36-50(68(56)75-70(58)62)46-25-9-4-10-26-46)51-31-15-17-33-53(51)65(60)59-43-63(52-32-16-18-34-54(52)66(59)71)72(47-27-11-5-12-28-47)61-41-21-39-57-55-37-19-35-49(67(55)74-69(57)61)45-23-7-3-8-24-45/h5-6,11-22,27-46H,3-4,7-10,23-26H2,1-2H3. The Morgan fingerprint density at radius 1 is 0.360 bits per heavy atom. The molecule has 2 saturated carbocycles. The normalized spacial score (nSPS) is 15.9. The van der Waals surface area contributed by atoms with Gasteiger partial charge in [0.05, 0.1) is 22.7 Å². The first-order valence-corrected chi connectivity index (χ1v) is 27.7. The van der Waals surface area contributed by atoms with Crippen molar-refractivity contribution in [1.82, 2.24) is 0 Å². The fourth-order valence-electron chi connectivity index (χ4n) is 14.3. The second-order valence-corrected chi connectivity index (χ2v) is 22.3. The van der Waals surface area contributed by atoms with Crippen molar-refractivity contribution in [3.8, 4) is 11.1 Å². The lowest BCUT2D eigenvalue weighted by Gasteiger charge is -2.30. The van der Waals surface area contributed by atoms with Gasteiger partial charge in [-0.25, -0.2) is 0 Å². The van der Waals surface area contributed by atoms with Crippen LogP contribution in [0.2, 0.25) is 0 Å². The summed E-state index contributed by atoms with van der Waals surface area (Å²) in [5.41, 5.74) is 18.0. The van der Waals surface area contributed by atoms with Crippen LogP contribution < -0.4 is 9.80 Å². The Morgan fingerprint density at radius 2 is 0.760 bits per heavy atom. The second kappa shape index (κ2) is 17.5. The van der Waals surface area contributed by atoms with Gasteiger partial charge in [0.25, 0.3) is 0 Å². The third-order valence-corrected chi connectivity index (χ3v) is 17.8. The Bertz CT molecular complexity index is 4190. The molecule has 0 bridgehead atoms. The number of anilines is 6. The van der Waals surface area contributed by atoms with Gasteiger partial charge in [-0.2, -0.15) is 0 Å². The molecule has 3 aliphatic carbocycles. The van der Waals surface area contributed by atoms with Crippen molar-refractivity contribution in [3.63, 3.8) is 0 Å². The highest BCUT2D eigenvalue weighted by Crippen LogP contribution is 2.59. The van der Waals surface area contributed by atoms with Crippen LogP contribution in [0.4, 0.5) is 34.1 Å². The van der Waals surface area contributed by atoms with Crippen molar-refractivity contribution in [3.05, 3.63) is 216 Å². The molecular weight excluding hydrogens is 913 g/mol. The SMILES string of the molecule is CC1(C)c2cc(N(c3ccccc3)c3cccc4c3oc3c(C5CCCCC5)cccc34)c3ccccc3c2-c2cc(N(c3ccccc3)c3cccc4c3oc3c(C5CCCCC5)cccc34)c3ccccc3c21. The van der Waals surface area contributed by atoms with Crippen LogP contribution >= 0.6 is 0 Å². The van der Waals surface area contributed by atoms with E-state index >= 15 is 0 Å². The number of furan rings is 2. The smallest absolute Gasteiger partial charge is 0.159 e. The van der Waals surface area contributed by atoms with E-state index in [0.717, 1.165) is 67.2 Å². The molecule has 0 amide bonds. The molecule has 4 nitrogen and oxygen atoms in total. The molecule has 12 aromatic rings. The Morgan fingerprint density at radius 3 is 1.27 bits per heavy atom. The molecule has 3 aliphatic rings. The van der Waals surface area contributed by atoms with Gasteiger partial charge in [-0.15, -0.1) is 0 Å². The third kappa shape index (κ3) is 6.88. The summed E-state index contributed by atoms with van der Waals surface area (Å²) in [5.74, 6) is 1.05. The number of nitrogens with zero attached hydrogens (tertiary/aromatic N) is 2. The molecule has 0 radical (unpaired) electrons. The summed E-state index contributed by atoms with van der Waals surface area (Å²) in [7, 11) is 0. The lowest BCUT2D eigenvalue weighted by atomic mass is 9.79. The number of para-hydroxylation sites is 6. The van der Waals surface area contributed by atoms with Gasteiger partial charge in [0.15, 0.2) is 11.2 Å². The van der Waals surface area contributed by atoms with Crippen LogP contribution in [0, 0.1) is 0 Å². The highest BCUT2D eigenvalue weighted by Gasteiger charge is 2.41. The van der Waals surface area contributed by atoms with E-state index in [-0.39, 0.29) is 5.41 Å². The van der Waals surface area contributed by atoms with Crippen LogP contribution in [0.25, 0.3) is 76.5 Å². The number of benzene rings is 10. The van der Waals surface area contributed by atoms with E-state index in [9.17, 15) is 0 Å². The Balaban J connectivity index is 0.964. The van der Waals surface area contributed by atoms with E-state index in [1.54, 1.807) is 0 Å². The van der Waals surface area contributed by atoms with E-state index < -0.39 is 0 Å². The van der Waals surface area contributed by atoms with Gasteiger partial charge >= 0.3 is 0 Å². The fourth-order valence-corrected chi connectivity index (χ4v) is 14.3. The van der Waals surface area contributed by atoms with Crippen LogP contribution in [-0.4, -0.2) is 0 Å². The molecule has 4 heteroatoms. The first-order chi connectivity index (χ1) is 37.0. The molecule has 0 aliphatic heterocycles. The molecule has 0 unspecified atom stereocenters. The predicted molar refractivity (Wildman–Crippen MR) is 315 cm³/mol. The molecule has 15 rings (SSSR count). The van der Waals surface area contributed by atoms with Gasteiger partial charge in [-0.05, 0) is 130 Å². The first kappa shape index (κ1) is 44.4. The van der Waals surface area contributed by atoms with Gasteiger partial charge in [0.1, 0.15) is 11.2 Å². The topological polar surface area (TPSA) is 32.8 Å². The minimum absolute atomic E-state index is 0.365. The zero-order chi connectivity index (χ0) is 49.8. The zero-order valence-electron chi connectivity index (χ0n) is 42.9. The van der Waals surface area contributed by atoms with Crippen molar-refractivity contribution >= 4 is 99.5 Å². The third-order valence-electron chi connectivity index (χ3n) is 17.8. The minimum Gasteiger partial charge on any atom is -0.454 e. The Labute approximate surface area is 438 Å². The summed E-state index contributed by atoms with van der Waals surface area (Å²) in [6.45, 7) is 4.88. The molecule has 2 fully saturated rings. The van der Waals surface area contributed by atoms with E-state index in [1.165, 1.54) is 130 Å². The maximum atomic E-state index is 7.28. The molecule has 2 aromatic heterocycles. The summed E-state index contributed by atoms with van der Waals surface area (Å²) in [4.78, 5) is 4.95. The van der Waals surface area contributed by atoms with Gasteiger partial charge in [-0.1, -0.05) is 198 Å². The van der Waals surface area contributed by atoms with E-state index in [4.69, 9.17) is 8.83 Å². The van der Waals surface area contributed by atoms with Crippen LogP contribution in [-0.2, 0) is 5.41 Å².